The minimum Gasteiger partial charge on any atom is -0.226 e. The molecule has 1 saturated heterocycles. The second-order valence-electron chi connectivity index (χ2n) is 2.94. The lowest BCUT2D eigenvalue weighted by Crippen LogP contribution is -2.32. The van der Waals surface area contributed by atoms with Crippen LogP contribution >= 0.6 is 32.3 Å². The molecule has 0 saturated carbocycles. The molecule has 0 spiro atoms. The predicted molar refractivity (Wildman–Crippen MR) is 45.3 cm³/mol. The van der Waals surface area contributed by atoms with E-state index in [-0.39, 0.29) is 5.54 Å². The molecular formula is C5H10Br2N2. The van der Waals surface area contributed by atoms with Crippen molar-refractivity contribution in [2.45, 2.75) is 19.4 Å². The first kappa shape index (κ1) is 7.98. The molecule has 4 heteroatoms. The molecule has 0 radical (unpaired) electrons. The Morgan fingerprint density at radius 2 is 1.89 bits per heavy atom. The van der Waals surface area contributed by atoms with E-state index in [9.17, 15) is 0 Å². The molecule has 0 aromatic heterocycles. The van der Waals surface area contributed by atoms with Gasteiger partial charge in [0.05, 0.1) is 6.67 Å². The fourth-order valence-electron chi connectivity index (χ4n) is 0.873. The van der Waals surface area contributed by atoms with Crippen LogP contribution in [0.3, 0.4) is 0 Å². The van der Waals surface area contributed by atoms with E-state index in [2.05, 4.69) is 54.0 Å². The molecular weight excluding hydrogens is 248 g/mol. The van der Waals surface area contributed by atoms with Gasteiger partial charge >= 0.3 is 0 Å². The molecule has 0 amide bonds. The summed E-state index contributed by atoms with van der Waals surface area (Å²) in [6, 6.07) is 0. The van der Waals surface area contributed by atoms with Gasteiger partial charge in [-0.2, -0.15) is 0 Å². The number of halogens is 2. The number of rotatable bonds is 0. The lowest BCUT2D eigenvalue weighted by molar-refractivity contribution is 0.348. The maximum absolute atomic E-state index is 3.46. The Morgan fingerprint density at radius 1 is 1.33 bits per heavy atom. The van der Waals surface area contributed by atoms with Crippen LogP contribution in [0.5, 0.6) is 0 Å². The fraction of sp³-hybridized carbons (Fsp3) is 1.00. The summed E-state index contributed by atoms with van der Waals surface area (Å²) >= 11 is 6.88. The van der Waals surface area contributed by atoms with Gasteiger partial charge in [-0.3, -0.25) is 0 Å². The second-order valence-corrected chi connectivity index (χ2v) is 4.80. The molecule has 0 unspecified atom stereocenters. The number of hydrogen-bond donors (Lipinski definition) is 0. The molecule has 0 aliphatic carbocycles. The van der Waals surface area contributed by atoms with Gasteiger partial charge in [0.15, 0.2) is 0 Å². The highest BCUT2D eigenvalue weighted by molar-refractivity contribution is 9.08. The van der Waals surface area contributed by atoms with Crippen molar-refractivity contribution < 1.29 is 0 Å². The third kappa shape index (κ3) is 1.67. The summed E-state index contributed by atoms with van der Waals surface area (Å²) < 4.78 is 4.23. The molecule has 0 bridgehead atoms. The van der Waals surface area contributed by atoms with Crippen molar-refractivity contribution in [2.24, 2.45) is 0 Å². The van der Waals surface area contributed by atoms with Crippen molar-refractivity contribution in [3.8, 4) is 0 Å². The maximum Gasteiger partial charge on any atom is 0.0718 e. The molecule has 0 aromatic rings. The summed E-state index contributed by atoms with van der Waals surface area (Å²) in [7, 11) is 0. The topological polar surface area (TPSA) is 6.48 Å². The SMILES string of the molecule is CC1(C)CN(Br)CN1Br. The molecule has 1 aliphatic heterocycles. The lowest BCUT2D eigenvalue weighted by Gasteiger charge is -2.22. The first-order chi connectivity index (χ1) is 4.02. The first-order valence-corrected chi connectivity index (χ1v) is 4.28. The van der Waals surface area contributed by atoms with Crippen LogP contribution < -0.4 is 0 Å². The summed E-state index contributed by atoms with van der Waals surface area (Å²) in [5.74, 6) is 0. The number of hydrogen-bond acceptors (Lipinski definition) is 2. The van der Waals surface area contributed by atoms with E-state index in [1.165, 1.54) is 0 Å². The molecule has 1 fully saturated rings. The zero-order valence-electron chi connectivity index (χ0n) is 5.56. The van der Waals surface area contributed by atoms with Gasteiger partial charge in [0.25, 0.3) is 0 Å². The van der Waals surface area contributed by atoms with Gasteiger partial charge in [-0.1, -0.05) is 0 Å². The molecule has 0 N–H and O–H groups in total. The second kappa shape index (κ2) is 2.49. The van der Waals surface area contributed by atoms with E-state index < -0.39 is 0 Å². The standard InChI is InChI=1S/C5H10Br2N2/c1-5(2)3-8(6)4-9(5)7/h3-4H2,1-2H3. The van der Waals surface area contributed by atoms with Crippen LogP contribution in [0.1, 0.15) is 13.8 Å². The fourth-order valence-corrected chi connectivity index (χ4v) is 2.39. The average molecular weight is 258 g/mol. The summed E-state index contributed by atoms with van der Waals surface area (Å²) in [6.45, 7) is 6.39. The third-order valence-electron chi connectivity index (χ3n) is 1.49. The van der Waals surface area contributed by atoms with Gasteiger partial charge in [0.1, 0.15) is 0 Å². The molecule has 9 heavy (non-hydrogen) atoms. The maximum atomic E-state index is 3.46. The Hall–Kier alpha value is 0.880. The van der Waals surface area contributed by atoms with Crippen molar-refractivity contribution in [1.82, 2.24) is 7.85 Å². The van der Waals surface area contributed by atoms with Crippen molar-refractivity contribution in [3.05, 3.63) is 0 Å². The zero-order valence-corrected chi connectivity index (χ0v) is 8.74. The lowest BCUT2D eigenvalue weighted by atomic mass is 10.1. The zero-order chi connectivity index (χ0) is 7.07. The Balaban J connectivity index is 2.58. The highest BCUT2D eigenvalue weighted by atomic mass is 79.9. The van der Waals surface area contributed by atoms with Gasteiger partial charge < -0.3 is 0 Å². The number of nitrogens with zero attached hydrogens (tertiary/aromatic N) is 2. The van der Waals surface area contributed by atoms with Gasteiger partial charge in [-0.05, 0) is 13.8 Å². The summed E-state index contributed by atoms with van der Waals surface area (Å²) in [4.78, 5) is 0. The Labute approximate surface area is 72.9 Å². The predicted octanol–water partition coefficient (Wildman–Crippen LogP) is 1.96. The Bertz CT molecular complexity index is 116. The van der Waals surface area contributed by atoms with Gasteiger partial charge in [0, 0.05) is 44.4 Å². The van der Waals surface area contributed by atoms with Crippen LogP contribution in [-0.2, 0) is 0 Å². The van der Waals surface area contributed by atoms with Gasteiger partial charge in [-0.25, -0.2) is 7.85 Å². The van der Waals surface area contributed by atoms with E-state index in [0.29, 0.717) is 0 Å². The van der Waals surface area contributed by atoms with E-state index in [1.807, 2.05) is 0 Å². The minimum absolute atomic E-state index is 0.253. The largest absolute Gasteiger partial charge is 0.226 e. The van der Waals surface area contributed by atoms with Gasteiger partial charge in [-0.15, -0.1) is 0 Å². The molecule has 0 aromatic carbocycles. The van der Waals surface area contributed by atoms with Crippen LogP contribution in [0.4, 0.5) is 0 Å². The normalized spacial score (nSPS) is 29.3. The van der Waals surface area contributed by atoms with Crippen LogP contribution in [0, 0.1) is 0 Å². The highest BCUT2D eigenvalue weighted by Crippen LogP contribution is 2.28. The summed E-state index contributed by atoms with van der Waals surface area (Å²) in [5, 5.41) is 0. The van der Waals surface area contributed by atoms with Gasteiger partial charge in [0.2, 0.25) is 0 Å². The Kier molecular flexibility index (Phi) is 2.21. The van der Waals surface area contributed by atoms with Crippen molar-refractivity contribution in [2.75, 3.05) is 13.2 Å². The first-order valence-electron chi connectivity index (χ1n) is 2.86. The molecule has 54 valence electrons. The Morgan fingerprint density at radius 3 is 2.00 bits per heavy atom. The summed E-state index contributed by atoms with van der Waals surface area (Å²) in [5.41, 5.74) is 0.253. The third-order valence-corrected chi connectivity index (χ3v) is 3.15. The average Bonchev–Trinajstić information content (AvgIpc) is 1.79. The smallest absolute Gasteiger partial charge is 0.0718 e. The van der Waals surface area contributed by atoms with Crippen LogP contribution in [0.2, 0.25) is 0 Å². The van der Waals surface area contributed by atoms with E-state index in [4.69, 9.17) is 0 Å². The summed E-state index contributed by atoms with van der Waals surface area (Å²) in [6.07, 6.45) is 0. The van der Waals surface area contributed by atoms with E-state index >= 15 is 0 Å². The van der Waals surface area contributed by atoms with Crippen molar-refractivity contribution in [1.29, 1.82) is 0 Å². The monoisotopic (exact) mass is 256 g/mol. The van der Waals surface area contributed by atoms with Crippen LogP contribution in [-0.4, -0.2) is 26.6 Å². The molecule has 1 rings (SSSR count). The van der Waals surface area contributed by atoms with Crippen molar-refractivity contribution >= 4 is 32.3 Å². The van der Waals surface area contributed by atoms with Crippen LogP contribution in [0.15, 0.2) is 0 Å². The molecule has 1 aliphatic rings. The quantitative estimate of drug-likeness (QED) is 0.613. The van der Waals surface area contributed by atoms with Crippen molar-refractivity contribution in [3.63, 3.8) is 0 Å². The van der Waals surface area contributed by atoms with Crippen LogP contribution in [0.25, 0.3) is 0 Å². The molecule has 1 heterocycles. The minimum atomic E-state index is 0.253. The molecule has 0 atom stereocenters. The molecule has 2 nitrogen and oxygen atoms in total. The highest BCUT2D eigenvalue weighted by Gasteiger charge is 2.34. The van der Waals surface area contributed by atoms with E-state index in [0.717, 1.165) is 13.2 Å². The van der Waals surface area contributed by atoms with E-state index in [1.54, 1.807) is 0 Å².